The van der Waals surface area contributed by atoms with Crippen LogP contribution in [0.4, 0.5) is 13.2 Å². The van der Waals surface area contributed by atoms with Crippen LogP contribution in [-0.4, -0.2) is 39.0 Å². The number of nitrogens with zero attached hydrogens (tertiary/aromatic N) is 4. The van der Waals surface area contributed by atoms with Gasteiger partial charge in [0.2, 0.25) is 0 Å². The van der Waals surface area contributed by atoms with E-state index in [1.807, 2.05) is 31.2 Å². The zero-order valence-corrected chi connectivity index (χ0v) is 16.5. The molecule has 0 unspecified atom stereocenters. The average Bonchev–Trinajstić information content (AvgIpc) is 3.18. The molecule has 0 aliphatic rings. The minimum atomic E-state index is -4.73. The summed E-state index contributed by atoms with van der Waals surface area (Å²) >= 11 is 5.01. The Hall–Kier alpha value is -3.47. The minimum Gasteiger partial charge on any atom is -0.406 e. The van der Waals surface area contributed by atoms with Crippen LogP contribution >= 0.6 is 12.2 Å². The molecule has 0 bridgehead atoms. The lowest BCUT2D eigenvalue weighted by atomic mass is 10.1. The van der Waals surface area contributed by atoms with Gasteiger partial charge < -0.3 is 10.1 Å². The topological polar surface area (TPSA) is 76.4 Å². The third-order valence-corrected chi connectivity index (χ3v) is 3.95. The third kappa shape index (κ3) is 6.01. The molecular weight excluding hydrogens is 417 g/mol. The van der Waals surface area contributed by atoms with Gasteiger partial charge in [-0.25, -0.2) is 9.67 Å². The smallest absolute Gasteiger partial charge is 0.406 e. The second-order valence-corrected chi connectivity index (χ2v) is 6.31. The van der Waals surface area contributed by atoms with Crippen LogP contribution in [0.5, 0.6) is 5.75 Å². The lowest BCUT2D eigenvalue weighted by Gasteiger charge is -2.09. The number of halogens is 3. The molecule has 0 amide bonds. The summed E-state index contributed by atoms with van der Waals surface area (Å²) in [5.41, 5.74) is 4.89. The summed E-state index contributed by atoms with van der Waals surface area (Å²) in [5.74, 6) is 0.171. The van der Waals surface area contributed by atoms with Crippen molar-refractivity contribution in [2.24, 2.45) is 5.10 Å². The Morgan fingerprint density at radius 3 is 2.50 bits per heavy atom. The highest BCUT2D eigenvalue weighted by atomic mass is 32.1. The summed E-state index contributed by atoms with van der Waals surface area (Å²) in [7, 11) is 0. The maximum Gasteiger partial charge on any atom is 0.573 e. The van der Waals surface area contributed by atoms with Crippen molar-refractivity contribution in [1.82, 2.24) is 25.5 Å². The Balaban J connectivity index is 1.66. The van der Waals surface area contributed by atoms with Crippen LogP contribution in [0.25, 0.3) is 17.1 Å². The van der Waals surface area contributed by atoms with E-state index in [0.717, 1.165) is 11.1 Å². The molecule has 1 aromatic heterocycles. The van der Waals surface area contributed by atoms with E-state index in [9.17, 15) is 13.2 Å². The molecule has 2 N–H and O–H groups in total. The molecule has 1 heterocycles. The second kappa shape index (κ2) is 9.35. The van der Waals surface area contributed by atoms with Gasteiger partial charge in [-0.3, -0.25) is 5.43 Å². The molecule has 2 aromatic carbocycles. The van der Waals surface area contributed by atoms with Crippen molar-refractivity contribution in [3.8, 4) is 22.8 Å². The van der Waals surface area contributed by atoms with Crippen molar-refractivity contribution in [2.45, 2.75) is 13.3 Å². The molecule has 0 aliphatic carbocycles. The van der Waals surface area contributed by atoms with Gasteiger partial charge in [0, 0.05) is 12.1 Å². The zero-order chi connectivity index (χ0) is 21.6. The maximum absolute atomic E-state index is 12.2. The van der Waals surface area contributed by atoms with E-state index >= 15 is 0 Å². The molecule has 156 valence electrons. The van der Waals surface area contributed by atoms with E-state index in [0.29, 0.717) is 23.2 Å². The van der Waals surface area contributed by atoms with Crippen LogP contribution in [-0.2, 0) is 0 Å². The largest absolute Gasteiger partial charge is 0.573 e. The van der Waals surface area contributed by atoms with E-state index in [4.69, 9.17) is 12.2 Å². The molecule has 0 fully saturated rings. The fourth-order valence-electron chi connectivity index (χ4n) is 2.40. The Kier molecular flexibility index (Phi) is 6.62. The van der Waals surface area contributed by atoms with Gasteiger partial charge in [0.25, 0.3) is 0 Å². The molecule has 3 aromatic rings. The van der Waals surface area contributed by atoms with E-state index < -0.39 is 6.36 Å². The van der Waals surface area contributed by atoms with E-state index in [2.05, 4.69) is 30.7 Å². The highest BCUT2D eigenvalue weighted by Gasteiger charge is 2.30. The summed E-state index contributed by atoms with van der Waals surface area (Å²) in [4.78, 5) is 4.25. The Morgan fingerprint density at radius 1 is 1.17 bits per heavy atom. The monoisotopic (exact) mass is 434 g/mol. The second-order valence-electron chi connectivity index (χ2n) is 5.91. The summed E-state index contributed by atoms with van der Waals surface area (Å²) in [6.45, 7) is 2.64. The molecule has 0 saturated heterocycles. The van der Waals surface area contributed by atoms with Crippen LogP contribution in [0.2, 0.25) is 0 Å². The zero-order valence-electron chi connectivity index (χ0n) is 15.7. The number of alkyl halides is 3. The van der Waals surface area contributed by atoms with Gasteiger partial charge in [-0.2, -0.15) is 5.10 Å². The van der Waals surface area contributed by atoms with Crippen molar-refractivity contribution in [2.75, 3.05) is 6.54 Å². The fraction of sp³-hybridized carbons (Fsp3) is 0.158. The normalized spacial score (nSPS) is 11.5. The SMILES string of the molecule is CCNC(=S)NN=Cc1ccc(-c2ncn(-c3ccc(OC(F)(F)F)cc3)n2)cc1. The van der Waals surface area contributed by atoms with E-state index in [1.165, 1.54) is 35.3 Å². The molecule has 0 spiro atoms. The molecule has 30 heavy (non-hydrogen) atoms. The number of hydrazone groups is 1. The summed E-state index contributed by atoms with van der Waals surface area (Å²) in [6.07, 6.45) is -1.62. The molecule has 0 aliphatic heterocycles. The van der Waals surface area contributed by atoms with Crippen molar-refractivity contribution >= 4 is 23.5 Å². The average molecular weight is 434 g/mol. The predicted molar refractivity (Wildman–Crippen MR) is 110 cm³/mol. The highest BCUT2D eigenvalue weighted by molar-refractivity contribution is 7.80. The molecule has 11 heteroatoms. The van der Waals surface area contributed by atoms with Crippen molar-refractivity contribution in [3.63, 3.8) is 0 Å². The summed E-state index contributed by atoms with van der Waals surface area (Å²) in [6, 6.07) is 12.7. The third-order valence-electron chi connectivity index (χ3n) is 3.71. The minimum absolute atomic E-state index is 0.301. The van der Waals surface area contributed by atoms with Crippen LogP contribution in [0, 0.1) is 0 Å². The van der Waals surface area contributed by atoms with E-state index in [1.54, 1.807) is 6.21 Å². The van der Waals surface area contributed by atoms with Crippen LogP contribution < -0.4 is 15.5 Å². The molecular formula is C19H17F3N6OS. The number of hydrogen-bond acceptors (Lipinski definition) is 5. The number of thiocarbonyl (C=S) groups is 1. The first-order chi connectivity index (χ1) is 14.3. The Labute approximate surface area is 175 Å². The number of aromatic nitrogens is 3. The standard InChI is InChI=1S/C19H17F3N6OS/c1-2-23-18(30)26-25-11-13-3-5-14(6-4-13)17-24-12-28(27-17)15-7-9-16(10-8-15)29-19(20,21)22/h3-12H,2H2,1H3,(H2,23,26,30). The van der Waals surface area contributed by atoms with Gasteiger partial charge >= 0.3 is 6.36 Å². The van der Waals surface area contributed by atoms with Crippen LogP contribution in [0.3, 0.4) is 0 Å². The first-order valence-corrected chi connectivity index (χ1v) is 9.20. The first-order valence-electron chi connectivity index (χ1n) is 8.79. The number of ether oxygens (including phenoxy) is 1. The van der Waals surface area contributed by atoms with Crippen LogP contribution in [0.1, 0.15) is 12.5 Å². The van der Waals surface area contributed by atoms with E-state index in [-0.39, 0.29) is 5.75 Å². The number of rotatable bonds is 6. The van der Waals surface area contributed by atoms with Gasteiger partial charge in [0.15, 0.2) is 10.9 Å². The maximum atomic E-state index is 12.2. The van der Waals surface area contributed by atoms with Gasteiger partial charge in [0.05, 0.1) is 11.9 Å². The lowest BCUT2D eigenvalue weighted by molar-refractivity contribution is -0.274. The highest BCUT2D eigenvalue weighted by Crippen LogP contribution is 2.24. The summed E-state index contributed by atoms with van der Waals surface area (Å²) < 4.78 is 42.1. The first kappa shape index (κ1) is 21.2. The number of hydrogen-bond donors (Lipinski definition) is 2. The van der Waals surface area contributed by atoms with Gasteiger partial charge in [-0.1, -0.05) is 24.3 Å². The molecule has 7 nitrogen and oxygen atoms in total. The van der Waals surface area contributed by atoms with Gasteiger partial charge in [0.1, 0.15) is 12.1 Å². The number of nitrogens with one attached hydrogen (secondary N) is 2. The predicted octanol–water partition coefficient (Wildman–Crippen LogP) is 3.65. The fourth-order valence-corrected chi connectivity index (χ4v) is 2.60. The molecule has 0 saturated carbocycles. The van der Waals surface area contributed by atoms with Gasteiger partial charge in [-0.05, 0) is 49.0 Å². The molecule has 3 rings (SSSR count). The summed E-state index contributed by atoms with van der Waals surface area (Å²) in [5, 5.41) is 11.8. The number of benzene rings is 2. The van der Waals surface area contributed by atoms with Crippen molar-refractivity contribution in [3.05, 3.63) is 60.4 Å². The van der Waals surface area contributed by atoms with Gasteiger partial charge in [-0.15, -0.1) is 18.3 Å². The quantitative estimate of drug-likeness (QED) is 0.350. The molecule has 0 atom stereocenters. The molecule has 0 radical (unpaired) electrons. The van der Waals surface area contributed by atoms with Crippen molar-refractivity contribution in [1.29, 1.82) is 0 Å². The van der Waals surface area contributed by atoms with Crippen molar-refractivity contribution < 1.29 is 17.9 Å². The Morgan fingerprint density at radius 2 is 1.87 bits per heavy atom. The van der Waals surface area contributed by atoms with Crippen LogP contribution in [0.15, 0.2) is 60.0 Å². The Bertz CT molecular complexity index is 1020. The lowest BCUT2D eigenvalue weighted by Crippen LogP contribution is -2.31.